The molecule has 0 amide bonds. The molecule has 0 radical (unpaired) electrons. The van der Waals surface area contributed by atoms with Crippen LogP contribution in [-0.2, 0) is 12.8 Å². The number of methoxy groups -OCH3 is 2. The Bertz CT molecular complexity index is 367. The van der Waals surface area contributed by atoms with Crippen LogP contribution in [0.5, 0.6) is 11.5 Å². The maximum absolute atomic E-state index is 6.13. The molecule has 0 saturated carbocycles. The summed E-state index contributed by atoms with van der Waals surface area (Å²) in [6.07, 6.45) is 1.66. The lowest BCUT2D eigenvalue weighted by atomic mass is 10.0. The summed E-state index contributed by atoms with van der Waals surface area (Å²) in [6.45, 7) is 2.67. The standard InChI is InChI=1S/C12H18ClNO2/c1-4-9-8(5-6-14)7-10(13)12(16-3)11(9)15-2/h7H,4-6,14H2,1-3H3. The predicted molar refractivity (Wildman–Crippen MR) is 66.7 cm³/mol. The van der Waals surface area contributed by atoms with Crippen molar-refractivity contribution in [3.8, 4) is 11.5 Å². The Morgan fingerprint density at radius 2 is 1.88 bits per heavy atom. The second-order valence-electron chi connectivity index (χ2n) is 3.45. The number of halogens is 1. The third-order valence-corrected chi connectivity index (χ3v) is 2.84. The number of rotatable bonds is 5. The van der Waals surface area contributed by atoms with Crippen molar-refractivity contribution < 1.29 is 9.47 Å². The lowest BCUT2D eigenvalue weighted by Crippen LogP contribution is -2.07. The fourth-order valence-corrected chi connectivity index (χ4v) is 2.16. The minimum Gasteiger partial charge on any atom is -0.493 e. The van der Waals surface area contributed by atoms with Gasteiger partial charge in [0.15, 0.2) is 11.5 Å². The Hall–Kier alpha value is -0.930. The molecule has 0 aliphatic carbocycles. The summed E-state index contributed by atoms with van der Waals surface area (Å²) in [4.78, 5) is 0. The molecular weight excluding hydrogens is 226 g/mol. The molecule has 0 spiro atoms. The molecule has 1 aromatic rings. The minimum absolute atomic E-state index is 0.569. The van der Waals surface area contributed by atoms with Crippen LogP contribution in [0.3, 0.4) is 0 Å². The van der Waals surface area contributed by atoms with Crippen LogP contribution in [0.1, 0.15) is 18.1 Å². The maximum atomic E-state index is 6.13. The summed E-state index contributed by atoms with van der Waals surface area (Å²) in [5, 5.41) is 0.569. The lowest BCUT2D eigenvalue weighted by Gasteiger charge is -2.17. The maximum Gasteiger partial charge on any atom is 0.179 e. The Balaban J connectivity index is 3.37. The Morgan fingerprint density at radius 1 is 1.25 bits per heavy atom. The number of hydrogen-bond acceptors (Lipinski definition) is 3. The van der Waals surface area contributed by atoms with Crippen molar-refractivity contribution in [1.29, 1.82) is 0 Å². The summed E-state index contributed by atoms with van der Waals surface area (Å²) >= 11 is 6.13. The molecule has 2 N–H and O–H groups in total. The zero-order chi connectivity index (χ0) is 12.1. The monoisotopic (exact) mass is 243 g/mol. The minimum atomic E-state index is 0.569. The van der Waals surface area contributed by atoms with Gasteiger partial charge >= 0.3 is 0 Å². The highest BCUT2D eigenvalue weighted by molar-refractivity contribution is 6.32. The van der Waals surface area contributed by atoms with Gasteiger partial charge in [0.05, 0.1) is 19.2 Å². The highest BCUT2D eigenvalue weighted by Crippen LogP contribution is 2.40. The second kappa shape index (κ2) is 5.97. The van der Waals surface area contributed by atoms with Gasteiger partial charge in [-0.3, -0.25) is 0 Å². The molecule has 0 fully saturated rings. The molecule has 1 rings (SSSR count). The van der Waals surface area contributed by atoms with Gasteiger partial charge in [-0.2, -0.15) is 0 Å². The first-order valence-electron chi connectivity index (χ1n) is 5.31. The van der Waals surface area contributed by atoms with Crippen molar-refractivity contribution in [3.63, 3.8) is 0 Å². The molecule has 16 heavy (non-hydrogen) atoms. The Kier molecular flexibility index (Phi) is 4.90. The lowest BCUT2D eigenvalue weighted by molar-refractivity contribution is 0.351. The van der Waals surface area contributed by atoms with Gasteiger partial charge in [0, 0.05) is 5.56 Å². The van der Waals surface area contributed by atoms with Crippen LogP contribution in [-0.4, -0.2) is 20.8 Å². The predicted octanol–water partition coefficient (Wildman–Crippen LogP) is 2.42. The van der Waals surface area contributed by atoms with Crippen LogP contribution in [0.2, 0.25) is 5.02 Å². The molecule has 0 bridgehead atoms. The topological polar surface area (TPSA) is 44.5 Å². The number of hydrogen-bond donors (Lipinski definition) is 1. The van der Waals surface area contributed by atoms with E-state index in [1.807, 2.05) is 6.07 Å². The van der Waals surface area contributed by atoms with Crippen molar-refractivity contribution >= 4 is 11.6 Å². The van der Waals surface area contributed by atoms with E-state index in [0.29, 0.717) is 17.3 Å². The Labute approximate surface area is 101 Å². The molecule has 0 aromatic heterocycles. The molecule has 1 aromatic carbocycles. The van der Waals surface area contributed by atoms with Crippen LogP contribution in [0, 0.1) is 0 Å². The number of nitrogens with two attached hydrogens (primary N) is 1. The van der Waals surface area contributed by atoms with E-state index in [9.17, 15) is 0 Å². The van der Waals surface area contributed by atoms with E-state index in [1.54, 1.807) is 14.2 Å². The summed E-state index contributed by atoms with van der Waals surface area (Å²) in [5.41, 5.74) is 7.83. The number of ether oxygens (including phenoxy) is 2. The van der Waals surface area contributed by atoms with Crippen molar-refractivity contribution in [1.82, 2.24) is 0 Å². The molecule has 0 atom stereocenters. The normalized spacial score (nSPS) is 10.3. The fourth-order valence-electron chi connectivity index (χ4n) is 1.87. The average molecular weight is 244 g/mol. The highest BCUT2D eigenvalue weighted by Gasteiger charge is 2.17. The third-order valence-electron chi connectivity index (χ3n) is 2.56. The summed E-state index contributed by atoms with van der Waals surface area (Å²) in [7, 11) is 3.21. The van der Waals surface area contributed by atoms with Gasteiger partial charge in [0.1, 0.15) is 0 Å². The van der Waals surface area contributed by atoms with E-state index < -0.39 is 0 Å². The zero-order valence-electron chi connectivity index (χ0n) is 9.97. The third kappa shape index (κ3) is 2.42. The average Bonchev–Trinajstić information content (AvgIpc) is 2.28. The summed E-state index contributed by atoms with van der Waals surface area (Å²) in [5.74, 6) is 1.32. The van der Waals surface area contributed by atoms with Gasteiger partial charge in [-0.25, -0.2) is 0 Å². The van der Waals surface area contributed by atoms with Crippen LogP contribution < -0.4 is 15.2 Å². The van der Waals surface area contributed by atoms with Crippen molar-refractivity contribution in [3.05, 3.63) is 22.2 Å². The van der Waals surface area contributed by atoms with Crippen molar-refractivity contribution in [2.75, 3.05) is 20.8 Å². The largest absolute Gasteiger partial charge is 0.493 e. The smallest absolute Gasteiger partial charge is 0.179 e. The molecule has 0 aliphatic rings. The van der Waals surface area contributed by atoms with Crippen LogP contribution in [0.4, 0.5) is 0 Å². The zero-order valence-corrected chi connectivity index (χ0v) is 10.7. The second-order valence-corrected chi connectivity index (χ2v) is 3.86. The number of benzene rings is 1. The first-order chi connectivity index (χ1) is 7.69. The van der Waals surface area contributed by atoms with E-state index in [1.165, 1.54) is 0 Å². The quantitative estimate of drug-likeness (QED) is 0.864. The van der Waals surface area contributed by atoms with Crippen molar-refractivity contribution in [2.45, 2.75) is 19.8 Å². The van der Waals surface area contributed by atoms with Crippen LogP contribution in [0.25, 0.3) is 0 Å². The first-order valence-corrected chi connectivity index (χ1v) is 5.69. The van der Waals surface area contributed by atoms with E-state index in [2.05, 4.69) is 6.92 Å². The van der Waals surface area contributed by atoms with E-state index in [4.69, 9.17) is 26.8 Å². The molecule has 3 nitrogen and oxygen atoms in total. The molecular formula is C12H18ClNO2. The van der Waals surface area contributed by atoms with Crippen molar-refractivity contribution in [2.24, 2.45) is 5.73 Å². The molecule has 90 valence electrons. The van der Waals surface area contributed by atoms with Gasteiger partial charge in [-0.05, 0) is 31.0 Å². The Morgan fingerprint density at radius 3 is 2.31 bits per heavy atom. The van der Waals surface area contributed by atoms with E-state index in [-0.39, 0.29) is 0 Å². The molecule has 0 saturated heterocycles. The molecule has 0 heterocycles. The summed E-state index contributed by atoms with van der Waals surface area (Å²) < 4.78 is 10.6. The fraction of sp³-hybridized carbons (Fsp3) is 0.500. The van der Waals surface area contributed by atoms with Gasteiger partial charge in [0.2, 0.25) is 0 Å². The SMILES string of the molecule is CCc1c(CCN)cc(Cl)c(OC)c1OC. The van der Waals surface area contributed by atoms with Gasteiger partial charge in [0.25, 0.3) is 0 Å². The van der Waals surface area contributed by atoms with Crippen LogP contribution in [0.15, 0.2) is 6.07 Å². The molecule has 0 aliphatic heterocycles. The highest BCUT2D eigenvalue weighted by atomic mass is 35.5. The van der Waals surface area contributed by atoms with Gasteiger partial charge in [-0.1, -0.05) is 18.5 Å². The first kappa shape index (κ1) is 13.1. The van der Waals surface area contributed by atoms with E-state index in [0.717, 1.165) is 29.7 Å². The van der Waals surface area contributed by atoms with E-state index >= 15 is 0 Å². The molecule has 4 heteroatoms. The summed E-state index contributed by atoms with van der Waals surface area (Å²) in [6, 6.07) is 1.91. The van der Waals surface area contributed by atoms with Gasteiger partial charge in [-0.15, -0.1) is 0 Å². The molecule has 0 unspecified atom stereocenters. The van der Waals surface area contributed by atoms with Crippen LogP contribution >= 0.6 is 11.6 Å². The van der Waals surface area contributed by atoms with Gasteiger partial charge < -0.3 is 15.2 Å².